The van der Waals surface area contributed by atoms with Crippen LogP contribution < -0.4 is 15.0 Å². The average Bonchev–Trinajstić information content (AvgIpc) is 3.09. The first kappa shape index (κ1) is 19.7. The van der Waals surface area contributed by atoms with Gasteiger partial charge in [0.25, 0.3) is 5.56 Å². The number of hydrogen-bond donors (Lipinski definition) is 0. The molecule has 0 fully saturated rings. The van der Waals surface area contributed by atoms with Crippen molar-refractivity contribution in [1.82, 2.24) is 9.55 Å². The van der Waals surface area contributed by atoms with Crippen LogP contribution in [0, 0.1) is 0 Å². The van der Waals surface area contributed by atoms with E-state index in [1.165, 1.54) is 0 Å². The van der Waals surface area contributed by atoms with Gasteiger partial charge in [0.1, 0.15) is 12.4 Å². The number of allylic oxidation sites excluding steroid dienone is 1. The molecule has 0 N–H and O–H groups in total. The summed E-state index contributed by atoms with van der Waals surface area (Å²) in [5.74, 6) is 1.91. The molecule has 7 heteroatoms. The normalized spacial score (nSPS) is 14.2. The summed E-state index contributed by atoms with van der Waals surface area (Å²) in [6.45, 7) is 4.65. The molecule has 4 rings (SSSR count). The van der Waals surface area contributed by atoms with Crippen molar-refractivity contribution in [3.63, 3.8) is 0 Å². The van der Waals surface area contributed by atoms with Gasteiger partial charge in [-0.25, -0.2) is 4.98 Å². The maximum Gasteiger partial charge on any atom is 0.261 e. The first-order chi connectivity index (χ1) is 14.0. The quantitative estimate of drug-likeness (QED) is 0.470. The molecule has 2 heterocycles. The van der Waals surface area contributed by atoms with Gasteiger partial charge >= 0.3 is 0 Å². The second kappa shape index (κ2) is 8.05. The highest BCUT2D eigenvalue weighted by Gasteiger charge is 2.21. The van der Waals surface area contributed by atoms with E-state index in [0.29, 0.717) is 46.4 Å². The molecule has 148 valence electrons. The van der Waals surface area contributed by atoms with Crippen LogP contribution in [0.1, 0.15) is 17.8 Å². The number of aromatic nitrogens is 2. The Morgan fingerprint density at radius 3 is 2.93 bits per heavy atom. The molecule has 0 spiro atoms. The average molecular weight is 474 g/mol. The summed E-state index contributed by atoms with van der Waals surface area (Å²) in [7, 11) is 1.60. The van der Waals surface area contributed by atoms with Crippen molar-refractivity contribution in [1.29, 1.82) is 0 Å². The summed E-state index contributed by atoms with van der Waals surface area (Å²) in [5, 5.41) is 1.13. The molecule has 1 aromatic heterocycles. The highest BCUT2D eigenvalue weighted by atomic mass is 79.9. The lowest BCUT2D eigenvalue weighted by Gasteiger charge is -2.12. The standard InChI is InChI=1S/C22H18BrClN2O3/c1-3-8-29-20-17(23)10-13(11-19(20)28-2)9-14-6-7-26-21(14)25-18-12-15(24)4-5-16(18)22(26)27/h3-5,9-12H,1,6-8H2,2H3/b14-9+. The van der Waals surface area contributed by atoms with Crippen LogP contribution in [-0.4, -0.2) is 23.3 Å². The lowest BCUT2D eigenvalue weighted by molar-refractivity contribution is 0.324. The predicted molar refractivity (Wildman–Crippen MR) is 120 cm³/mol. The van der Waals surface area contributed by atoms with E-state index in [9.17, 15) is 4.79 Å². The number of methoxy groups -OCH3 is 1. The molecule has 0 radical (unpaired) electrons. The SMILES string of the molecule is C=CCOc1c(Br)cc(/C=C2\CCn3c2nc2cc(Cl)ccc2c3=O)cc1OC. The molecule has 0 unspecified atom stereocenters. The van der Waals surface area contributed by atoms with E-state index in [2.05, 4.69) is 22.5 Å². The summed E-state index contributed by atoms with van der Waals surface area (Å²) in [6.07, 6.45) is 4.42. The van der Waals surface area contributed by atoms with Crippen LogP contribution in [0.25, 0.3) is 22.6 Å². The van der Waals surface area contributed by atoms with Gasteiger partial charge in [-0.3, -0.25) is 9.36 Å². The Morgan fingerprint density at radius 1 is 1.34 bits per heavy atom. The van der Waals surface area contributed by atoms with Crippen LogP contribution in [0.2, 0.25) is 5.02 Å². The second-order valence-corrected chi connectivity index (χ2v) is 7.90. The van der Waals surface area contributed by atoms with Gasteiger partial charge in [-0.2, -0.15) is 0 Å². The molecule has 3 aromatic rings. The van der Waals surface area contributed by atoms with Gasteiger partial charge in [0.2, 0.25) is 0 Å². The number of ether oxygens (including phenoxy) is 2. The van der Waals surface area contributed by atoms with Crippen molar-refractivity contribution >= 4 is 50.1 Å². The van der Waals surface area contributed by atoms with E-state index in [-0.39, 0.29) is 5.56 Å². The molecule has 2 aromatic carbocycles. The minimum atomic E-state index is -0.0444. The Bertz CT molecular complexity index is 1220. The predicted octanol–water partition coefficient (Wildman–Crippen LogP) is 5.33. The summed E-state index contributed by atoms with van der Waals surface area (Å²) >= 11 is 9.64. The van der Waals surface area contributed by atoms with Gasteiger partial charge in [-0.05, 0) is 69.9 Å². The fourth-order valence-electron chi connectivity index (χ4n) is 3.43. The van der Waals surface area contributed by atoms with Crippen molar-refractivity contribution in [3.05, 3.63) is 74.2 Å². The van der Waals surface area contributed by atoms with Crippen LogP contribution >= 0.6 is 27.5 Å². The van der Waals surface area contributed by atoms with Gasteiger partial charge in [-0.1, -0.05) is 24.3 Å². The van der Waals surface area contributed by atoms with Crippen LogP contribution in [0.5, 0.6) is 11.5 Å². The number of rotatable bonds is 5. The van der Waals surface area contributed by atoms with Crippen molar-refractivity contribution < 1.29 is 9.47 Å². The zero-order chi connectivity index (χ0) is 20.5. The molecule has 0 amide bonds. The highest BCUT2D eigenvalue weighted by molar-refractivity contribution is 9.10. The molecular formula is C22H18BrClN2O3. The van der Waals surface area contributed by atoms with Crippen molar-refractivity contribution in [3.8, 4) is 11.5 Å². The number of hydrogen-bond acceptors (Lipinski definition) is 4. The first-order valence-corrected chi connectivity index (χ1v) is 10.2. The Balaban J connectivity index is 1.80. The smallest absolute Gasteiger partial charge is 0.261 e. The third kappa shape index (κ3) is 3.70. The molecule has 29 heavy (non-hydrogen) atoms. The minimum Gasteiger partial charge on any atom is -0.493 e. The number of fused-ring (bicyclic) bond motifs is 2. The van der Waals surface area contributed by atoms with Crippen molar-refractivity contribution in [2.24, 2.45) is 0 Å². The fourth-order valence-corrected chi connectivity index (χ4v) is 4.17. The zero-order valence-electron chi connectivity index (χ0n) is 15.7. The zero-order valence-corrected chi connectivity index (χ0v) is 18.1. The molecule has 0 atom stereocenters. The largest absolute Gasteiger partial charge is 0.493 e. The molecule has 0 saturated heterocycles. The lowest BCUT2D eigenvalue weighted by atomic mass is 10.1. The number of nitrogens with zero attached hydrogens (tertiary/aromatic N) is 2. The summed E-state index contributed by atoms with van der Waals surface area (Å²) in [5.41, 5.74) is 2.46. The van der Waals surface area contributed by atoms with Crippen LogP contribution in [0.15, 0.2) is 52.3 Å². The lowest BCUT2D eigenvalue weighted by Crippen LogP contribution is -2.20. The van der Waals surface area contributed by atoms with Gasteiger partial charge < -0.3 is 9.47 Å². The van der Waals surface area contributed by atoms with E-state index in [4.69, 9.17) is 26.1 Å². The third-order valence-corrected chi connectivity index (χ3v) is 5.57. The molecule has 0 bridgehead atoms. The highest BCUT2D eigenvalue weighted by Crippen LogP contribution is 2.38. The minimum absolute atomic E-state index is 0.0444. The molecule has 1 aliphatic rings. The summed E-state index contributed by atoms with van der Waals surface area (Å²) < 4.78 is 13.7. The topological polar surface area (TPSA) is 53.4 Å². The summed E-state index contributed by atoms with van der Waals surface area (Å²) in [4.78, 5) is 17.5. The monoisotopic (exact) mass is 472 g/mol. The Morgan fingerprint density at radius 2 is 2.17 bits per heavy atom. The Kier molecular flexibility index (Phi) is 5.48. The maximum absolute atomic E-state index is 12.8. The molecule has 5 nitrogen and oxygen atoms in total. The van der Waals surface area contributed by atoms with E-state index in [1.807, 2.05) is 18.2 Å². The van der Waals surface area contributed by atoms with Gasteiger partial charge in [0.15, 0.2) is 11.5 Å². The van der Waals surface area contributed by atoms with E-state index in [1.54, 1.807) is 36.0 Å². The van der Waals surface area contributed by atoms with Crippen LogP contribution in [-0.2, 0) is 6.54 Å². The van der Waals surface area contributed by atoms with Gasteiger partial charge in [-0.15, -0.1) is 0 Å². The maximum atomic E-state index is 12.8. The third-order valence-electron chi connectivity index (χ3n) is 4.75. The van der Waals surface area contributed by atoms with Crippen LogP contribution in [0.3, 0.4) is 0 Å². The van der Waals surface area contributed by atoms with Crippen molar-refractivity contribution in [2.45, 2.75) is 13.0 Å². The van der Waals surface area contributed by atoms with Crippen molar-refractivity contribution in [2.75, 3.05) is 13.7 Å². The Hall–Kier alpha value is -2.57. The second-order valence-electron chi connectivity index (χ2n) is 6.61. The number of benzene rings is 2. The van der Waals surface area contributed by atoms with Crippen LogP contribution in [0.4, 0.5) is 0 Å². The first-order valence-electron chi connectivity index (χ1n) is 9.04. The fraction of sp³-hybridized carbons (Fsp3) is 0.182. The van der Waals surface area contributed by atoms with Gasteiger partial charge in [0.05, 0.1) is 22.5 Å². The molecular weight excluding hydrogens is 456 g/mol. The van der Waals surface area contributed by atoms with E-state index < -0.39 is 0 Å². The number of halogens is 2. The Labute approximate surface area is 181 Å². The molecule has 1 aliphatic heterocycles. The van der Waals surface area contributed by atoms with Gasteiger partial charge in [0, 0.05) is 11.6 Å². The van der Waals surface area contributed by atoms with E-state index in [0.717, 1.165) is 22.0 Å². The molecule has 0 saturated carbocycles. The van der Waals surface area contributed by atoms with E-state index >= 15 is 0 Å². The summed E-state index contributed by atoms with van der Waals surface area (Å²) in [6, 6.07) is 9.01. The molecule has 0 aliphatic carbocycles.